The summed E-state index contributed by atoms with van der Waals surface area (Å²) in [6, 6.07) is 3.24. The lowest BCUT2D eigenvalue weighted by Gasteiger charge is -2.09. The Morgan fingerprint density at radius 2 is 2.05 bits per heavy atom. The number of nitrogens with zero attached hydrogens (tertiary/aromatic N) is 2. The molecule has 1 aromatic rings. The highest BCUT2D eigenvalue weighted by Crippen LogP contribution is 2.21. The largest absolute Gasteiger partial charge is 0.294 e. The highest BCUT2D eigenvalue weighted by molar-refractivity contribution is 7.91. The molecule has 0 radical (unpaired) electrons. The lowest BCUT2D eigenvalue weighted by atomic mass is 10.1. The van der Waals surface area contributed by atoms with Crippen molar-refractivity contribution < 1.29 is 13.9 Å². The number of benzene rings is 1. The van der Waals surface area contributed by atoms with Crippen molar-refractivity contribution in [2.45, 2.75) is 32.4 Å². The van der Waals surface area contributed by atoms with Gasteiger partial charge >= 0.3 is 0 Å². The van der Waals surface area contributed by atoms with E-state index in [2.05, 4.69) is 4.40 Å². The highest BCUT2D eigenvalue weighted by atomic mass is 32.2. The Hall–Kier alpha value is -1.47. The van der Waals surface area contributed by atoms with E-state index in [4.69, 9.17) is 0 Å². The van der Waals surface area contributed by atoms with Gasteiger partial charge in [0.25, 0.3) is 17.0 Å². The van der Waals surface area contributed by atoms with Crippen LogP contribution < -0.4 is 0 Å². The Kier molecular flexibility index (Phi) is 4.65. The summed E-state index contributed by atoms with van der Waals surface area (Å²) in [6.45, 7) is 6.92. The summed E-state index contributed by atoms with van der Waals surface area (Å²) in [6.07, 6.45) is 0. The predicted molar refractivity (Wildman–Crippen MR) is 75.0 cm³/mol. The van der Waals surface area contributed by atoms with Crippen molar-refractivity contribution in [2.24, 2.45) is 4.40 Å². The van der Waals surface area contributed by atoms with Gasteiger partial charge < -0.3 is 0 Å². The van der Waals surface area contributed by atoms with Gasteiger partial charge in [-0.3, -0.25) is 10.1 Å². The fourth-order valence-corrected chi connectivity index (χ4v) is 1.85. The van der Waals surface area contributed by atoms with Crippen LogP contribution in [0.3, 0.4) is 0 Å². The van der Waals surface area contributed by atoms with E-state index < -0.39 is 26.8 Å². The fourth-order valence-electron chi connectivity index (χ4n) is 1.22. The number of non-ortho nitro benzene ring substituents is 1. The van der Waals surface area contributed by atoms with E-state index in [1.54, 1.807) is 20.8 Å². The van der Waals surface area contributed by atoms with Gasteiger partial charge in [-0.2, -0.15) is 4.55 Å². The van der Waals surface area contributed by atoms with Gasteiger partial charge in [-0.05, 0) is 38.2 Å². The number of hydrogen-bond acceptors (Lipinski definition) is 4. The Labute approximate surface area is 114 Å². The van der Waals surface area contributed by atoms with Crippen molar-refractivity contribution in [1.29, 1.82) is 0 Å². The molecule has 0 saturated heterocycles. The van der Waals surface area contributed by atoms with Gasteiger partial charge in [-0.15, -0.1) is 0 Å². The van der Waals surface area contributed by atoms with Crippen LogP contribution >= 0.6 is 0 Å². The summed E-state index contributed by atoms with van der Waals surface area (Å²) < 4.78 is 27.1. The molecule has 0 spiro atoms. The molecule has 5 nitrogen and oxygen atoms in total. The Balaban J connectivity index is 3.19. The molecule has 0 aliphatic carbocycles. The minimum absolute atomic E-state index is 0.0324. The first-order valence-electron chi connectivity index (χ1n) is 5.56. The molecule has 1 N–H and O–H groups in total. The third kappa shape index (κ3) is 4.00. The summed E-state index contributed by atoms with van der Waals surface area (Å²) in [5.41, 5.74) is 0.0616. The average molecular weight is 287 g/mol. The molecule has 1 unspecified atom stereocenters. The molecule has 0 aromatic heterocycles. The summed E-state index contributed by atoms with van der Waals surface area (Å²) >= 11 is -1.29. The first-order valence-corrected chi connectivity index (χ1v) is 6.70. The van der Waals surface area contributed by atoms with E-state index in [0.717, 1.165) is 18.2 Å². The summed E-state index contributed by atoms with van der Waals surface area (Å²) in [5.74, 6) is -0.599. The van der Waals surface area contributed by atoms with Crippen LogP contribution in [0.15, 0.2) is 22.6 Å². The molecule has 1 rings (SSSR count). The van der Waals surface area contributed by atoms with Crippen molar-refractivity contribution in [3.8, 4) is 0 Å². The molecule has 0 saturated carbocycles. The maximum absolute atomic E-state index is 13.6. The normalized spacial score (nSPS) is 14.3. The second kappa shape index (κ2) is 5.66. The number of nitro groups is 1. The first kappa shape index (κ1) is 15.6. The topological polar surface area (TPSA) is 75.7 Å². The number of halogens is 1. The zero-order chi connectivity index (χ0) is 14.8. The van der Waals surface area contributed by atoms with Gasteiger partial charge in [0.1, 0.15) is 11.5 Å². The van der Waals surface area contributed by atoms with Crippen LogP contribution in [-0.2, 0) is 11.4 Å². The Morgan fingerprint density at radius 3 is 2.53 bits per heavy atom. The maximum atomic E-state index is 13.6. The molecule has 7 heteroatoms. The van der Waals surface area contributed by atoms with Gasteiger partial charge in [0, 0.05) is 17.7 Å². The van der Waals surface area contributed by atoms with Crippen LogP contribution in [-0.4, -0.2) is 19.9 Å². The number of nitro benzene ring substituents is 1. The zero-order valence-electron chi connectivity index (χ0n) is 11.2. The minimum Gasteiger partial charge on any atom is -0.258 e. The quantitative estimate of drug-likeness (QED) is 0.401. The van der Waals surface area contributed by atoms with Gasteiger partial charge in [0.2, 0.25) is 0 Å². The van der Waals surface area contributed by atoms with Crippen LogP contribution in [0.5, 0.6) is 0 Å². The van der Waals surface area contributed by atoms with E-state index in [1.165, 1.54) is 6.92 Å². The van der Waals surface area contributed by atoms with Crippen LogP contribution in [0, 0.1) is 15.9 Å². The van der Waals surface area contributed by atoms with E-state index in [1.807, 2.05) is 0 Å². The molecule has 1 atom stereocenters. The second-order valence-electron chi connectivity index (χ2n) is 4.97. The van der Waals surface area contributed by atoms with Crippen molar-refractivity contribution >= 4 is 22.8 Å². The molecular formula is C12H16FN2O3S+. The summed E-state index contributed by atoms with van der Waals surface area (Å²) in [4.78, 5) is 10.1. The molecule has 0 aliphatic rings. The molecule has 1 aromatic carbocycles. The van der Waals surface area contributed by atoms with Crippen LogP contribution in [0.4, 0.5) is 10.1 Å². The average Bonchev–Trinajstić information content (AvgIpc) is 2.27. The number of hydrogen-bond donors (Lipinski definition) is 1. The predicted octanol–water partition coefficient (Wildman–Crippen LogP) is 3.35. The third-order valence-corrected chi connectivity index (χ3v) is 3.86. The standard InChI is InChI=1S/C12H16FN2O3S/c1-8(14-19(18)12(2,3)4)10-7-9(15(16)17)5-6-11(10)13/h5-7,18H,1-4H3/q+1/b14-8+. The SMILES string of the molecule is C/C(=N\[S+](O)C(C)(C)C)c1cc([N+](=O)[O-])ccc1F. The van der Waals surface area contributed by atoms with Gasteiger partial charge in [-0.1, -0.05) is 0 Å². The number of rotatable bonds is 3. The lowest BCUT2D eigenvalue weighted by molar-refractivity contribution is -0.384. The van der Waals surface area contributed by atoms with Crippen LogP contribution in [0.25, 0.3) is 0 Å². The molecule has 104 valence electrons. The molecule has 0 heterocycles. The van der Waals surface area contributed by atoms with Crippen molar-refractivity contribution in [1.82, 2.24) is 0 Å². The van der Waals surface area contributed by atoms with Crippen LogP contribution in [0.2, 0.25) is 0 Å². The first-order chi connectivity index (χ1) is 8.62. The van der Waals surface area contributed by atoms with E-state index in [0.29, 0.717) is 0 Å². The lowest BCUT2D eigenvalue weighted by Crippen LogP contribution is -2.26. The molecule has 0 amide bonds. The van der Waals surface area contributed by atoms with Crippen LogP contribution in [0.1, 0.15) is 33.3 Å². The van der Waals surface area contributed by atoms with E-state index in [9.17, 15) is 19.1 Å². The second-order valence-corrected chi connectivity index (χ2v) is 6.91. The Bertz CT molecular complexity index is 526. The molecule has 0 fully saturated rings. The highest BCUT2D eigenvalue weighted by Gasteiger charge is 2.35. The van der Waals surface area contributed by atoms with E-state index in [-0.39, 0.29) is 17.0 Å². The molecule has 0 bridgehead atoms. The van der Waals surface area contributed by atoms with Gasteiger partial charge in [0.05, 0.1) is 4.92 Å². The zero-order valence-corrected chi connectivity index (χ0v) is 12.0. The maximum Gasteiger partial charge on any atom is 0.294 e. The summed E-state index contributed by atoms with van der Waals surface area (Å²) in [7, 11) is 0. The summed E-state index contributed by atoms with van der Waals surface area (Å²) in [5, 5.41) is 10.7. The fraction of sp³-hybridized carbons (Fsp3) is 0.417. The molecule has 0 aliphatic heterocycles. The van der Waals surface area contributed by atoms with Gasteiger partial charge in [0.15, 0.2) is 4.75 Å². The van der Waals surface area contributed by atoms with Crippen molar-refractivity contribution in [3.63, 3.8) is 0 Å². The third-order valence-electron chi connectivity index (χ3n) is 2.32. The minimum atomic E-state index is -1.29. The monoisotopic (exact) mass is 287 g/mol. The van der Waals surface area contributed by atoms with Gasteiger partial charge in [-0.25, -0.2) is 4.39 Å². The van der Waals surface area contributed by atoms with Crippen molar-refractivity contribution in [3.05, 3.63) is 39.7 Å². The van der Waals surface area contributed by atoms with Crippen molar-refractivity contribution in [2.75, 3.05) is 0 Å². The Morgan fingerprint density at radius 1 is 1.47 bits per heavy atom. The molecule has 19 heavy (non-hydrogen) atoms. The van der Waals surface area contributed by atoms with E-state index >= 15 is 0 Å². The smallest absolute Gasteiger partial charge is 0.258 e. The molecular weight excluding hydrogens is 271 g/mol.